The van der Waals surface area contributed by atoms with Crippen LogP contribution in [0.25, 0.3) is 10.9 Å². The molecule has 0 aliphatic carbocycles. The normalized spacial score (nSPS) is 11.3. The number of aromatic nitrogens is 2. The molecule has 0 fully saturated rings. The fourth-order valence-corrected chi connectivity index (χ4v) is 3.97. The van der Waals surface area contributed by atoms with Crippen LogP contribution in [0.3, 0.4) is 0 Å². The van der Waals surface area contributed by atoms with E-state index in [9.17, 15) is 28.0 Å². The number of rotatable bonds is 3. The SMILES string of the molecule is CNC(=O)Nc1cccc(S(=O)(=O)c2cccc3c(=O)n(O)c(=O)[nH]c23)c1. The lowest BCUT2D eigenvalue weighted by Gasteiger charge is -2.10. The van der Waals surface area contributed by atoms with Gasteiger partial charge in [0.1, 0.15) is 0 Å². The topological polar surface area (TPSA) is 150 Å². The predicted octanol–water partition coefficient (Wildman–Crippen LogP) is 0.511. The number of hydrogen-bond donors (Lipinski definition) is 4. The highest BCUT2D eigenvalue weighted by molar-refractivity contribution is 7.91. The van der Waals surface area contributed by atoms with E-state index in [2.05, 4.69) is 15.6 Å². The number of hydrogen-bond acceptors (Lipinski definition) is 6. The molecule has 0 saturated carbocycles. The molecule has 140 valence electrons. The van der Waals surface area contributed by atoms with Crippen molar-refractivity contribution >= 4 is 32.5 Å². The van der Waals surface area contributed by atoms with Crippen molar-refractivity contribution in [1.82, 2.24) is 15.0 Å². The van der Waals surface area contributed by atoms with Gasteiger partial charge >= 0.3 is 11.7 Å². The molecule has 1 aromatic heterocycles. The van der Waals surface area contributed by atoms with Gasteiger partial charge in [-0.2, -0.15) is 0 Å². The Labute approximate surface area is 152 Å². The van der Waals surface area contributed by atoms with Crippen molar-refractivity contribution in [3.63, 3.8) is 0 Å². The van der Waals surface area contributed by atoms with Crippen molar-refractivity contribution in [3.8, 4) is 0 Å². The van der Waals surface area contributed by atoms with E-state index in [1.165, 1.54) is 49.5 Å². The largest absolute Gasteiger partial charge is 0.421 e. The Kier molecular flexibility index (Phi) is 4.45. The Hall–Kier alpha value is -3.60. The van der Waals surface area contributed by atoms with Gasteiger partial charge in [0.2, 0.25) is 9.84 Å². The van der Waals surface area contributed by atoms with Crippen LogP contribution in [0.4, 0.5) is 10.5 Å². The van der Waals surface area contributed by atoms with E-state index in [-0.39, 0.29) is 31.1 Å². The number of urea groups is 1. The molecule has 0 radical (unpaired) electrons. The molecule has 0 aliphatic heterocycles. The highest BCUT2D eigenvalue weighted by atomic mass is 32.2. The monoisotopic (exact) mass is 390 g/mol. The number of fused-ring (bicyclic) bond motifs is 1. The summed E-state index contributed by atoms with van der Waals surface area (Å²) in [7, 11) is -2.74. The molecule has 0 atom stereocenters. The van der Waals surface area contributed by atoms with Crippen LogP contribution in [0.2, 0.25) is 0 Å². The quantitative estimate of drug-likeness (QED) is 0.479. The number of carbonyl (C=O) groups is 1. The standard InChI is InChI=1S/C16H14N4O6S/c1-17-15(22)18-9-4-2-5-10(8-9)27(25,26)12-7-3-6-11-13(12)19-16(23)20(24)14(11)21/h2-8,24H,1H3,(H,19,23)(H2,17,18,22). The number of benzene rings is 2. The average Bonchev–Trinajstić information content (AvgIpc) is 2.66. The van der Waals surface area contributed by atoms with Gasteiger partial charge in [-0.25, -0.2) is 18.0 Å². The first-order valence-corrected chi connectivity index (χ1v) is 9.05. The summed E-state index contributed by atoms with van der Waals surface area (Å²) in [5.41, 5.74) is -2.18. The van der Waals surface area contributed by atoms with Gasteiger partial charge in [-0.1, -0.05) is 16.9 Å². The van der Waals surface area contributed by atoms with Crippen molar-refractivity contribution in [2.75, 3.05) is 12.4 Å². The molecule has 2 aromatic carbocycles. The Morgan fingerprint density at radius 1 is 1.15 bits per heavy atom. The molecule has 0 aliphatic rings. The van der Waals surface area contributed by atoms with Crippen LogP contribution in [0.1, 0.15) is 0 Å². The zero-order chi connectivity index (χ0) is 19.8. The lowest BCUT2D eigenvalue weighted by molar-refractivity contribution is 0.162. The fraction of sp³-hybridized carbons (Fsp3) is 0.0625. The second-order valence-corrected chi connectivity index (χ2v) is 7.38. The molecule has 3 rings (SSSR count). The summed E-state index contributed by atoms with van der Waals surface area (Å²) in [5.74, 6) is 0. The van der Waals surface area contributed by atoms with Crippen LogP contribution >= 0.6 is 0 Å². The van der Waals surface area contributed by atoms with Gasteiger partial charge < -0.3 is 20.8 Å². The Morgan fingerprint density at radius 2 is 1.85 bits per heavy atom. The minimum Gasteiger partial charge on any atom is -0.421 e. The van der Waals surface area contributed by atoms with Crippen molar-refractivity contribution in [3.05, 3.63) is 63.3 Å². The molecular formula is C16H14N4O6S. The molecule has 4 N–H and O–H groups in total. The van der Waals surface area contributed by atoms with Gasteiger partial charge in [-0.15, -0.1) is 0 Å². The molecular weight excluding hydrogens is 376 g/mol. The highest BCUT2D eigenvalue weighted by Crippen LogP contribution is 2.27. The first kappa shape index (κ1) is 18.2. The average molecular weight is 390 g/mol. The maximum Gasteiger partial charge on any atom is 0.362 e. The van der Waals surface area contributed by atoms with E-state index >= 15 is 0 Å². The van der Waals surface area contributed by atoms with Gasteiger partial charge in [0.25, 0.3) is 5.56 Å². The Morgan fingerprint density at radius 3 is 2.56 bits per heavy atom. The number of sulfone groups is 1. The van der Waals surface area contributed by atoms with Gasteiger partial charge in [0.15, 0.2) is 0 Å². The number of nitrogens with one attached hydrogen (secondary N) is 3. The maximum absolute atomic E-state index is 13.0. The van der Waals surface area contributed by atoms with Crippen molar-refractivity contribution < 1.29 is 18.4 Å². The van der Waals surface area contributed by atoms with Crippen LogP contribution in [0.5, 0.6) is 0 Å². The van der Waals surface area contributed by atoms with E-state index in [4.69, 9.17) is 0 Å². The molecule has 0 spiro atoms. The maximum atomic E-state index is 13.0. The molecule has 27 heavy (non-hydrogen) atoms. The molecule has 10 nitrogen and oxygen atoms in total. The van der Waals surface area contributed by atoms with E-state index < -0.39 is 27.1 Å². The third kappa shape index (κ3) is 3.15. The third-order valence-corrected chi connectivity index (χ3v) is 5.59. The number of aromatic amines is 1. The van der Waals surface area contributed by atoms with Crippen LogP contribution in [-0.4, -0.2) is 36.4 Å². The Bertz CT molecular complexity index is 1280. The first-order chi connectivity index (χ1) is 12.8. The van der Waals surface area contributed by atoms with Crippen LogP contribution in [0.15, 0.2) is 61.8 Å². The summed E-state index contributed by atoms with van der Waals surface area (Å²) in [4.78, 5) is 36.9. The first-order valence-electron chi connectivity index (χ1n) is 7.57. The van der Waals surface area contributed by atoms with Gasteiger partial charge in [0.05, 0.1) is 20.7 Å². The molecule has 1 heterocycles. The van der Waals surface area contributed by atoms with Crippen molar-refractivity contribution in [1.29, 1.82) is 0 Å². The second kappa shape index (κ2) is 6.61. The molecule has 0 saturated heterocycles. The van der Waals surface area contributed by atoms with Gasteiger partial charge in [-0.05, 0) is 30.3 Å². The number of nitrogens with zero attached hydrogens (tertiary/aromatic N) is 1. The number of para-hydroxylation sites is 1. The van der Waals surface area contributed by atoms with E-state index in [0.717, 1.165) is 0 Å². The minimum absolute atomic E-state index is 0.132. The zero-order valence-corrected chi connectivity index (χ0v) is 14.7. The molecule has 2 amide bonds. The number of H-pyrrole nitrogens is 1. The zero-order valence-electron chi connectivity index (χ0n) is 13.9. The summed E-state index contributed by atoms with van der Waals surface area (Å²) in [6.07, 6.45) is 0. The van der Waals surface area contributed by atoms with Crippen LogP contribution in [0, 0.1) is 0 Å². The molecule has 0 unspecified atom stereocenters. The summed E-state index contributed by atoms with van der Waals surface area (Å²) in [6.45, 7) is 0. The predicted molar refractivity (Wildman–Crippen MR) is 96.0 cm³/mol. The minimum atomic E-state index is -4.15. The van der Waals surface area contributed by atoms with E-state index in [0.29, 0.717) is 0 Å². The number of anilines is 1. The van der Waals surface area contributed by atoms with E-state index in [1.807, 2.05) is 0 Å². The van der Waals surface area contributed by atoms with Gasteiger partial charge in [-0.3, -0.25) is 4.79 Å². The molecule has 0 bridgehead atoms. The summed E-state index contributed by atoms with van der Waals surface area (Å²) in [5, 5.41) is 14.1. The molecule has 3 aromatic rings. The molecule has 11 heteroatoms. The number of amides is 2. The summed E-state index contributed by atoms with van der Waals surface area (Å²) >= 11 is 0. The van der Waals surface area contributed by atoms with Gasteiger partial charge in [0, 0.05) is 12.7 Å². The van der Waals surface area contributed by atoms with E-state index in [1.54, 1.807) is 0 Å². The van der Waals surface area contributed by atoms with Crippen LogP contribution in [-0.2, 0) is 9.84 Å². The smallest absolute Gasteiger partial charge is 0.362 e. The Balaban J connectivity index is 2.22. The lowest BCUT2D eigenvalue weighted by atomic mass is 10.2. The summed E-state index contributed by atoms with van der Waals surface area (Å²) < 4.78 is 25.9. The fourth-order valence-electron chi connectivity index (χ4n) is 2.49. The van der Waals surface area contributed by atoms with Crippen LogP contribution < -0.4 is 21.9 Å². The second-order valence-electron chi connectivity index (χ2n) is 5.46. The third-order valence-electron chi connectivity index (χ3n) is 3.79. The lowest BCUT2D eigenvalue weighted by Crippen LogP contribution is -2.33. The highest BCUT2D eigenvalue weighted by Gasteiger charge is 2.23. The number of carbonyl (C=O) groups excluding carboxylic acids is 1. The van der Waals surface area contributed by atoms with Crippen molar-refractivity contribution in [2.24, 2.45) is 0 Å². The summed E-state index contributed by atoms with van der Waals surface area (Å²) in [6, 6.07) is 8.81. The van der Waals surface area contributed by atoms with Crippen molar-refractivity contribution in [2.45, 2.75) is 9.79 Å².